The Morgan fingerprint density at radius 3 is 2.58 bits per heavy atom. The minimum atomic E-state index is 0.602. The SMILES string of the molecule is Cc1nc(NN)cc(N(C)Cc2ccc(Cl)cc2)n1. The molecular formula is C13H16ClN5. The first kappa shape index (κ1) is 13.6. The third-order valence-electron chi connectivity index (χ3n) is 2.70. The maximum absolute atomic E-state index is 5.87. The predicted octanol–water partition coefficient (Wildman–Crippen LogP) is 2.36. The van der Waals surface area contributed by atoms with Gasteiger partial charge in [-0.1, -0.05) is 23.7 Å². The number of benzene rings is 1. The van der Waals surface area contributed by atoms with Gasteiger partial charge in [-0.05, 0) is 24.6 Å². The molecule has 0 bridgehead atoms. The van der Waals surface area contributed by atoms with Gasteiger partial charge in [0.15, 0.2) is 0 Å². The van der Waals surface area contributed by atoms with Crippen LogP contribution in [0.3, 0.4) is 0 Å². The Morgan fingerprint density at radius 2 is 1.95 bits per heavy atom. The second-order valence-electron chi connectivity index (χ2n) is 4.29. The van der Waals surface area contributed by atoms with Gasteiger partial charge < -0.3 is 10.3 Å². The summed E-state index contributed by atoms with van der Waals surface area (Å²) < 4.78 is 0. The average Bonchev–Trinajstić information content (AvgIpc) is 2.40. The zero-order chi connectivity index (χ0) is 13.8. The van der Waals surface area contributed by atoms with E-state index in [0.717, 1.165) is 22.9 Å². The third-order valence-corrected chi connectivity index (χ3v) is 2.95. The van der Waals surface area contributed by atoms with E-state index in [1.165, 1.54) is 0 Å². The molecule has 0 saturated heterocycles. The van der Waals surface area contributed by atoms with E-state index in [9.17, 15) is 0 Å². The van der Waals surface area contributed by atoms with Crippen molar-refractivity contribution in [2.24, 2.45) is 5.84 Å². The Hall–Kier alpha value is -1.85. The Balaban J connectivity index is 2.17. The number of aryl methyl sites for hydroxylation is 1. The van der Waals surface area contributed by atoms with Crippen molar-refractivity contribution >= 4 is 23.2 Å². The fourth-order valence-electron chi connectivity index (χ4n) is 1.77. The molecule has 5 nitrogen and oxygen atoms in total. The van der Waals surface area contributed by atoms with Crippen LogP contribution in [0.1, 0.15) is 11.4 Å². The smallest absolute Gasteiger partial charge is 0.145 e. The molecule has 1 aromatic carbocycles. The molecule has 0 aliphatic heterocycles. The summed E-state index contributed by atoms with van der Waals surface area (Å²) in [5, 5.41) is 0.735. The summed E-state index contributed by atoms with van der Waals surface area (Å²) in [5.41, 5.74) is 3.70. The molecule has 0 fully saturated rings. The summed E-state index contributed by atoms with van der Waals surface area (Å²) in [6, 6.07) is 9.55. The van der Waals surface area contributed by atoms with Crippen molar-refractivity contribution in [3.05, 3.63) is 46.7 Å². The molecule has 1 heterocycles. The molecule has 0 atom stereocenters. The van der Waals surface area contributed by atoms with Gasteiger partial charge in [0.1, 0.15) is 17.5 Å². The number of halogens is 1. The number of rotatable bonds is 4. The first-order valence-corrected chi connectivity index (χ1v) is 6.24. The van der Waals surface area contributed by atoms with Crippen LogP contribution < -0.4 is 16.2 Å². The lowest BCUT2D eigenvalue weighted by atomic mass is 10.2. The topological polar surface area (TPSA) is 67.1 Å². The zero-order valence-corrected chi connectivity index (χ0v) is 11.6. The maximum atomic E-state index is 5.87. The number of hydrazine groups is 1. The van der Waals surface area contributed by atoms with E-state index >= 15 is 0 Å². The van der Waals surface area contributed by atoms with E-state index in [0.29, 0.717) is 11.6 Å². The van der Waals surface area contributed by atoms with E-state index in [1.807, 2.05) is 49.2 Å². The Kier molecular flexibility index (Phi) is 4.19. The van der Waals surface area contributed by atoms with Crippen LogP contribution in [-0.2, 0) is 6.54 Å². The fourth-order valence-corrected chi connectivity index (χ4v) is 1.89. The Bertz CT molecular complexity index is 555. The number of hydrogen-bond acceptors (Lipinski definition) is 5. The van der Waals surface area contributed by atoms with Gasteiger partial charge in [-0.25, -0.2) is 15.8 Å². The molecule has 6 heteroatoms. The van der Waals surface area contributed by atoms with Crippen LogP contribution in [0.15, 0.2) is 30.3 Å². The first-order chi connectivity index (χ1) is 9.08. The van der Waals surface area contributed by atoms with Gasteiger partial charge in [0.25, 0.3) is 0 Å². The highest BCUT2D eigenvalue weighted by atomic mass is 35.5. The molecule has 0 aliphatic carbocycles. The van der Waals surface area contributed by atoms with Crippen molar-refractivity contribution in [2.75, 3.05) is 17.4 Å². The molecular weight excluding hydrogens is 262 g/mol. The lowest BCUT2D eigenvalue weighted by Crippen LogP contribution is -2.19. The number of nitrogens with two attached hydrogens (primary N) is 1. The fraction of sp³-hybridized carbons (Fsp3) is 0.231. The number of nitrogens with one attached hydrogen (secondary N) is 1. The first-order valence-electron chi connectivity index (χ1n) is 5.86. The minimum absolute atomic E-state index is 0.602. The molecule has 1 aromatic heterocycles. The highest BCUT2D eigenvalue weighted by Gasteiger charge is 2.07. The summed E-state index contributed by atoms with van der Waals surface area (Å²) in [5.74, 6) is 7.48. The van der Waals surface area contributed by atoms with Crippen molar-refractivity contribution in [3.8, 4) is 0 Å². The second kappa shape index (κ2) is 5.86. The van der Waals surface area contributed by atoms with Crippen LogP contribution in [0.25, 0.3) is 0 Å². The van der Waals surface area contributed by atoms with Crippen LogP contribution in [0.5, 0.6) is 0 Å². The highest BCUT2D eigenvalue weighted by molar-refractivity contribution is 6.30. The largest absolute Gasteiger partial charge is 0.355 e. The van der Waals surface area contributed by atoms with Crippen LogP contribution in [0, 0.1) is 6.92 Å². The summed E-state index contributed by atoms with van der Waals surface area (Å²) in [4.78, 5) is 10.6. The molecule has 100 valence electrons. The van der Waals surface area contributed by atoms with E-state index in [-0.39, 0.29) is 0 Å². The Labute approximate surface area is 117 Å². The molecule has 0 unspecified atom stereocenters. The van der Waals surface area contributed by atoms with Crippen LogP contribution >= 0.6 is 11.6 Å². The molecule has 0 spiro atoms. The van der Waals surface area contributed by atoms with E-state index in [4.69, 9.17) is 17.4 Å². The normalized spacial score (nSPS) is 10.3. The third kappa shape index (κ3) is 3.56. The Morgan fingerprint density at radius 1 is 1.26 bits per heavy atom. The van der Waals surface area contributed by atoms with Gasteiger partial charge in [-0.15, -0.1) is 0 Å². The second-order valence-corrected chi connectivity index (χ2v) is 4.72. The van der Waals surface area contributed by atoms with Crippen LogP contribution in [0.2, 0.25) is 5.02 Å². The summed E-state index contributed by atoms with van der Waals surface area (Å²) in [6.07, 6.45) is 0. The number of nitrogens with zero attached hydrogens (tertiary/aromatic N) is 3. The predicted molar refractivity (Wildman–Crippen MR) is 78.1 cm³/mol. The lowest BCUT2D eigenvalue weighted by molar-refractivity contribution is 0.879. The van der Waals surface area contributed by atoms with E-state index in [2.05, 4.69) is 15.4 Å². The zero-order valence-electron chi connectivity index (χ0n) is 10.9. The van der Waals surface area contributed by atoms with Crippen molar-refractivity contribution in [1.82, 2.24) is 9.97 Å². The number of nitrogen functional groups attached to an aromatic ring is 1. The van der Waals surface area contributed by atoms with Crippen molar-refractivity contribution in [2.45, 2.75) is 13.5 Å². The molecule has 0 saturated carbocycles. The van der Waals surface area contributed by atoms with Crippen molar-refractivity contribution < 1.29 is 0 Å². The molecule has 2 aromatic rings. The summed E-state index contributed by atoms with van der Waals surface area (Å²) >= 11 is 5.87. The van der Waals surface area contributed by atoms with Gasteiger partial charge in [0.2, 0.25) is 0 Å². The highest BCUT2D eigenvalue weighted by Crippen LogP contribution is 2.17. The summed E-state index contributed by atoms with van der Waals surface area (Å²) in [7, 11) is 1.97. The molecule has 0 aliphatic rings. The monoisotopic (exact) mass is 277 g/mol. The van der Waals surface area contributed by atoms with Gasteiger partial charge in [-0.2, -0.15) is 0 Å². The van der Waals surface area contributed by atoms with Gasteiger partial charge in [-0.3, -0.25) is 0 Å². The number of hydrogen-bond donors (Lipinski definition) is 2. The van der Waals surface area contributed by atoms with Crippen LogP contribution in [-0.4, -0.2) is 17.0 Å². The van der Waals surface area contributed by atoms with Gasteiger partial charge in [0.05, 0.1) is 0 Å². The van der Waals surface area contributed by atoms with Crippen LogP contribution in [0.4, 0.5) is 11.6 Å². The maximum Gasteiger partial charge on any atom is 0.145 e. The number of aromatic nitrogens is 2. The van der Waals surface area contributed by atoms with Crippen molar-refractivity contribution in [1.29, 1.82) is 0 Å². The minimum Gasteiger partial charge on any atom is -0.355 e. The molecule has 3 N–H and O–H groups in total. The number of anilines is 2. The van der Waals surface area contributed by atoms with Crippen molar-refractivity contribution in [3.63, 3.8) is 0 Å². The quantitative estimate of drug-likeness (QED) is 0.663. The molecule has 19 heavy (non-hydrogen) atoms. The van der Waals surface area contributed by atoms with E-state index in [1.54, 1.807) is 0 Å². The molecule has 0 amide bonds. The molecule has 0 radical (unpaired) electrons. The molecule has 2 rings (SSSR count). The lowest BCUT2D eigenvalue weighted by Gasteiger charge is -2.19. The summed E-state index contributed by atoms with van der Waals surface area (Å²) in [6.45, 7) is 2.57. The van der Waals surface area contributed by atoms with Gasteiger partial charge in [0, 0.05) is 24.7 Å². The standard InChI is InChI=1S/C13H16ClN5/c1-9-16-12(18-15)7-13(17-9)19(2)8-10-3-5-11(14)6-4-10/h3-7H,8,15H2,1-2H3,(H,16,17,18). The van der Waals surface area contributed by atoms with E-state index < -0.39 is 0 Å². The van der Waals surface area contributed by atoms with Gasteiger partial charge >= 0.3 is 0 Å². The average molecular weight is 278 g/mol.